The molecule has 1 amide bonds. The molecule has 3 aromatic rings. The van der Waals surface area contributed by atoms with E-state index in [0.29, 0.717) is 29.7 Å². The van der Waals surface area contributed by atoms with Crippen LogP contribution in [0, 0.1) is 6.92 Å². The summed E-state index contributed by atoms with van der Waals surface area (Å²) in [6, 6.07) is 15.0. The normalized spacial score (nSPS) is 12.3. The zero-order chi connectivity index (χ0) is 26.1. The molecular formula is C30H42N4O2. The maximum absolute atomic E-state index is 13.7. The molecule has 0 saturated carbocycles. The van der Waals surface area contributed by atoms with Gasteiger partial charge in [-0.1, -0.05) is 68.9 Å². The Hall–Kier alpha value is -2.99. The van der Waals surface area contributed by atoms with Crippen LogP contribution < -0.4 is 5.56 Å². The van der Waals surface area contributed by atoms with Crippen molar-refractivity contribution in [3.05, 3.63) is 70.3 Å². The van der Waals surface area contributed by atoms with Crippen molar-refractivity contribution in [2.24, 2.45) is 0 Å². The number of aromatic nitrogens is 2. The van der Waals surface area contributed by atoms with Crippen molar-refractivity contribution >= 4 is 16.8 Å². The third-order valence-corrected chi connectivity index (χ3v) is 6.79. The summed E-state index contributed by atoms with van der Waals surface area (Å²) in [7, 11) is 4.02. The van der Waals surface area contributed by atoms with E-state index in [4.69, 9.17) is 4.98 Å². The van der Waals surface area contributed by atoms with Crippen LogP contribution in [-0.2, 0) is 4.79 Å². The highest BCUT2D eigenvalue weighted by Gasteiger charge is 2.26. The van der Waals surface area contributed by atoms with Gasteiger partial charge in [0.05, 0.1) is 22.6 Å². The smallest absolute Gasteiger partial charge is 0.266 e. The minimum atomic E-state index is -0.351. The predicted molar refractivity (Wildman–Crippen MR) is 149 cm³/mol. The van der Waals surface area contributed by atoms with Gasteiger partial charge in [0.1, 0.15) is 5.82 Å². The van der Waals surface area contributed by atoms with E-state index >= 15 is 0 Å². The number of aryl methyl sites for hydroxylation is 1. The van der Waals surface area contributed by atoms with Gasteiger partial charge in [0.25, 0.3) is 5.56 Å². The van der Waals surface area contributed by atoms with Crippen LogP contribution in [0.25, 0.3) is 16.6 Å². The summed E-state index contributed by atoms with van der Waals surface area (Å²) < 4.78 is 1.69. The third kappa shape index (κ3) is 7.03. The fourth-order valence-corrected chi connectivity index (χ4v) is 4.56. The number of hydrogen-bond donors (Lipinski definition) is 0. The van der Waals surface area contributed by atoms with Crippen molar-refractivity contribution in [1.29, 1.82) is 0 Å². The zero-order valence-electron chi connectivity index (χ0n) is 22.7. The van der Waals surface area contributed by atoms with Gasteiger partial charge in [-0.3, -0.25) is 14.2 Å². The van der Waals surface area contributed by atoms with E-state index in [2.05, 4.69) is 11.8 Å². The molecule has 0 radical (unpaired) electrons. The summed E-state index contributed by atoms with van der Waals surface area (Å²) in [4.78, 5) is 36.1. The molecule has 1 atom stereocenters. The van der Waals surface area contributed by atoms with Crippen molar-refractivity contribution in [2.75, 3.05) is 27.2 Å². The Morgan fingerprint density at radius 3 is 2.31 bits per heavy atom. The molecule has 6 heteroatoms. The minimum absolute atomic E-state index is 0.109. The first-order valence-electron chi connectivity index (χ1n) is 13.4. The predicted octanol–water partition coefficient (Wildman–Crippen LogP) is 5.90. The number of fused-ring (bicyclic) bond motifs is 1. The van der Waals surface area contributed by atoms with Gasteiger partial charge in [0, 0.05) is 19.5 Å². The lowest BCUT2D eigenvalue weighted by atomic mass is 10.1. The standard InChI is InChI=1S/C30H42N4O2/c1-6-7-8-9-10-11-16-28(35)33(22-21-32(4)5)24(3)29-31-27-15-13-12-14-26(27)30(36)34(29)25-19-17-23(2)18-20-25/h12-15,17-20,24H,6-11,16,21-22H2,1-5H3. The second-order valence-electron chi connectivity index (χ2n) is 10.0. The van der Waals surface area contributed by atoms with E-state index in [1.54, 1.807) is 4.57 Å². The lowest BCUT2D eigenvalue weighted by molar-refractivity contribution is -0.133. The summed E-state index contributed by atoms with van der Waals surface area (Å²) in [5.74, 6) is 0.718. The van der Waals surface area contributed by atoms with Crippen molar-refractivity contribution < 1.29 is 4.79 Å². The van der Waals surface area contributed by atoms with Gasteiger partial charge in [-0.15, -0.1) is 0 Å². The van der Waals surface area contributed by atoms with E-state index in [-0.39, 0.29) is 17.5 Å². The molecule has 0 bridgehead atoms. The van der Waals surface area contributed by atoms with Crippen molar-refractivity contribution in [2.45, 2.75) is 71.8 Å². The van der Waals surface area contributed by atoms with E-state index in [9.17, 15) is 9.59 Å². The Morgan fingerprint density at radius 2 is 1.61 bits per heavy atom. The molecule has 36 heavy (non-hydrogen) atoms. The van der Waals surface area contributed by atoms with Gasteiger partial charge in [0.2, 0.25) is 5.91 Å². The molecule has 0 aliphatic carbocycles. The summed E-state index contributed by atoms with van der Waals surface area (Å²) in [5.41, 5.74) is 2.43. The van der Waals surface area contributed by atoms with Gasteiger partial charge in [-0.05, 0) is 58.6 Å². The molecule has 0 aliphatic rings. The van der Waals surface area contributed by atoms with Crippen molar-refractivity contribution in [3.63, 3.8) is 0 Å². The Kier molecular flexibility index (Phi) is 10.2. The highest BCUT2D eigenvalue weighted by atomic mass is 16.2. The molecule has 0 saturated heterocycles. The maximum Gasteiger partial charge on any atom is 0.266 e. The first-order chi connectivity index (χ1) is 17.3. The first kappa shape index (κ1) is 27.6. The summed E-state index contributed by atoms with van der Waals surface area (Å²) in [6.07, 6.45) is 7.36. The monoisotopic (exact) mass is 490 g/mol. The SMILES string of the molecule is CCCCCCCCC(=O)N(CCN(C)C)C(C)c1nc2ccccc2c(=O)n1-c1ccc(C)cc1. The quantitative estimate of drug-likeness (QED) is 0.280. The molecular weight excluding hydrogens is 448 g/mol. The van der Waals surface area contributed by atoms with E-state index < -0.39 is 0 Å². The highest BCUT2D eigenvalue weighted by Crippen LogP contribution is 2.24. The number of carbonyl (C=O) groups is 1. The number of nitrogens with zero attached hydrogens (tertiary/aromatic N) is 4. The van der Waals surface area contributed by atoms with Gasteiger partial charge < -0.3 is 9.80 Å². The second kappa shape index (κ2) is 13.4. The van der Waals surface area contributed by atoms with Crippen LogP contribution in [0.1, 0.15) is 76.2 Å². The zero-order valence-corrected chi connectivity index (χ0v) is 22.7. The minimum Gasteiger partial charge on any atom is -0.331 e. The van der Waals surface area contributed by atoms with Crippen LogP contribution in [0.4, 0.5) is 0 Å². The summed E-state index contributed by atoms with van der Waals surface area (Å²) in [6.45, 7) is 7.56. The van der Waals surface area contributed by atoms with Gasteiger partial charge in [0.15, 0.2) is 0 Å². The largest absolute Gasteiger partial charge is 0.331 e. The van der Waals surface area contributed by atoms with Crippen LogP contribution >= 0.6 is 0 Å². The Morgan fingerprint density at radius 1 is 0.944 bits per heavy atom. The molecule has 0 spiro atoms. The van der Waals surface area contributed by atoms with E-state index in [1.165, 1.54) is 25.7 Å². The van der Waals surface area contributed by atoms with Crippen molar-refractivity contribution in [1.82, 2.24) is 19.4 Å². The number of unbranched alkanes of at least 4 members (excludes halogenated alkanes) is 5. The molecule has 0 fully saturated rings. The fourth-order valence-electron chi connectivity index (χ4n) is 4.56. The number of para-hydroxylation sites is 1. The lowest BCUT2D eigenvalue weighted by Gasteiger charge is -2.31. The number of rotatable bonds is 13. The molecule has 1 unspecified atom stereocenters. The van der Waals surface area contributed by atoms with Crippen LogP contribution in [0.2, 0.25) is 0 Å². The summed E-state index contributed by atoms with van der Waals surface area (Å²) >= 11 is 0. The lowest BCUT2D eigenvalue weighted by Crippen LogP contribution is -2.40. The van der Waals surface area contributed by atoms with Gasteiger partial charge in [-0.2, -0.15) is 0 Å². The van der Waals surface area contributed by atoms with Crippen molar-refractivity contribution in [3.8, 4) is 5.69 Å². The molecule has 0 N–H and O–H groups in total. The molecule has 3 rings (SSSR count). The fraction of sp³-hybridized carbons (Fsp3) is 0.500. The number of hydrogen-bond acceptors (Lipinski definition) is 4. The molecule has 0 aliphatic heterocycles. The maximum atomic E-state index is 13.7. The number of carbonyl (C=O) groups excluding carboxylic acids is 1. The molecule has 6 nitrogen and oxygen atoms in total. The molecule has 1 aromatic heterocycles. The number of benzene rings is 2. The Bertz CT molecular complexity index is 1180. The average molecular weight is 491 g/mol. The van der Waals surface area contributed by atoms with E-state index in [1.807, 2.05) is 81.4 Å². The first-order valence-corrected chi connectivity index (χ1v) is 13.4. The van der Waals surface area contributed by atoms with Crippen LogP contribution in [0.5, 0.6) is 0 Å². The van der Waals surface area contributed by atoms with Crippen LogP contribution in [0.15, 0.2) is 53.3 Å². The highest BCUT2D eigenvalue weighted by molar-refractivity contribution is 5.79. The van der Waals surface area contributed by atoms with Gasteiger partial charge in [-0.25, -0.2) is 4.98 Å². The molecule has 194 valence electrons. The Labute approximate surface area is 216 Å². The van der Waals surface area contributed by atoms with E-state index in [0.717, 1.165) is 30.6 Å². The average Bonchev–Trinajstić information content (AvgIpc) is 2.86. The topological polar surface area (TPSA) is 58.4 Å². The van der Waals surface area contributed by atoms with Crippen LogP contribution in [-0.4, -0.2) is 52.4 Å². The molecule has 2 aromatic carbocycles. The second-order valence-corrected chi connectivity index (χ2v) is 10.0. The van der Waals surface area contributed by atoms with Crippen LogP contribution in [0.3, 0.4) is 0 Å². The molecule has 1 heterocycles. The number of likely N-dealkylation sites (N-methyl/N-ethyl adjacent to an activating group) is 1. The summed E-state index contributed by atoms with van der Waals surface area (Å²) in [5, 5.41) is 0.576. The number of amides is 1. The Balaban J connectivity index is 1.98. The van der Waals surface area contributed by atoms with Gasteiger partial charge >= 0.3 is 0 Å². The third-order valence-electron chi connectivity index (χ3n) is 6.79.